The number of benzene rings is 1. The monoisotopic (exact) mass is 312 g/mol. The van der Waals surface area contributed by atoms with E-state index in [1.54, 1.807) is 30.6 Å². The fourth-order valence-corrected chi connectivity index (χ4v) is 3.75. The van der Waals surface area contributed by atoms with Crippen molar-refractivity contribution in [3.05, 3.63) is 17.7 Å². The van der Waals surface area contributed by atoms with E-state index in [1.807, 2.05) is 0 Å². The van der Waals surface area contributed by atoms with Crippen molar-refractivity contribution in [2.45, 2.75) is 61.7 Å². The van der Waals surface area contributed by atoms with E-state index in [0.717, 1.165) is 5.75 Å². The molecule has 0 bridgehead atoms. The highest BCUT2D eigenvalue weighted by Crippen LogP contribution is 2.37. The summed E-state index contributed by atoms with van der Waals surface area (Å²) in [5, 5.41) is 0. The Hall–Kier alpha value is -0.280. The quantitative estimate of drug-likeness (QED) is 0.385. The first-order valence-electron chi connectivity index (χ1n) is 7.55. The second kappa shape index (κ2) is 10.4. The van der Waals surface area contributed by atoms with Crippen molar-refractivity contribution in [2.24, 2.45) is 0 Å². The number of ether oxygens (including phenoxy) is 1. The molecule has 0 amide bonds. The summed E-state index contributed by atoms with van der Waals surface area (Å²) >= 11 is 3.55. The fourth-order valence-electron chi connectivity index (χ4n) is 2.39. The Morgan fingerprint density at radius 3 is 1.95 bits per heavy atom. The van der Waals surface area contributed by atoms with Gasteiger partial charge in [-0.25, -0.2) is 0 Å². The van der Waals surface area contributed by atoms with E-state index in [1.165, 1.54) is 60.3 Å². The summed E-state index contributed by atoms with van der Waals surface area (Å²) in [6, 6.07) is 4.60. The van der Waals surface area contributed by atoms with Crippen LogP contribution in [-0.2, 0) is 6.42 Å². The molecule has 0 saturated heterocycles. The van der Waals surface area contributed by atoms with Gasteiger partial charge in [0.05, 0.1) is 16.9 Å². The Labute approximate surface area is 133 Å². The van der Waals surface area contributed by atoms with Gasteiger partial charge in [0, 0.05) is 0 Å². The van der Waals surface area contributed by atoms with Gasteiger partial charge in [-0.05, 0) is 43.0 Å². The second-order valence-corrected chi connectivity index (χ2v) is 6.75. The van der Waals surface area contributed by atoms with Crippen LogP contribution >= 0.6 is 23.5 Å². The van der Waals surface area contributed by atoms with E-state index >= 15 is 0 Å². The molecule has 0 heterocycles. The molecule has 1 aromatic carbocycles. The highest BCUT2D eigenvalue weighted by atomic mass is 32.2. The van der Waals surface area contributed by atoms with E-state index in [9.17, 15) is 0 Å². The Morgan fingerprint density at radius 1 is 0.900 bits per heavy atom. The lowest BCUT2D eigenvalue weighted by Crippen LogP contribution is -1.93. The average molecular weight is 313 g/mol. The number of rotatable bonds is 10. The molecule has 20 heavy (non-hydrogen) atoms. The lowest BCUT2D eigenvalue weighted by atomic mass is 10.0. The zero-order valence-corrected chi connectivity index (χ0v) is 15.0. The minimum Gasteiger partial charge on any atom is -0.494 e. The van der Waals surface area contributed by atoms with E-state index < -0.39 is 0 Å². The van der Waals surface area contributed by atoms with Crippen LogP contribution in [0.4, 0.5) is 0 Å². The fraction of sp³-hybridized carbons (Fsp3) is 0.647. The molecule has 0 aliphatic carbocycles. The van der Waals surface area contributed by atoms with Gasteiger partial charge in [0.2, 0.25) is 0 Å². The van der Waals surface area contributed by atoms with Crippen LogP contribution in [-0.4, -0.2) is 19.6 Å². The molecule has 1 nitrogen and oxygen atoms in total. The van der Waals surface area contributed by atoms with Crippen LogP contribution in [0.2, 0.25) is 0 Å². The van der Waals surface area contributed by atoms with Gasteiger partial charge in [0.25, 0.3) is 0 Å². The van der Waals surface area contributed by atoms with Gasteiger partial charge in [0.1, 0.15) is 5.75 Å². The van der Waals surface area contributed by atoms with E-state index in [2.05, 4.69) is 31.6 Å². The molecule has 1 aromatic rings. The number of methoxy groups -OCH3 is 1. The van der Waals surface area contributed by atoms with Crippen molar-refractivity contribution in [1.29, 1.82) is 0 Å². The summed E-state index contributed by atoms with van der Waals surface area (Å²) in [4.78, 5) is 2.53. The number of thioether (sulfide) groups is 2. The molecule has 0 unspecified atom stereocenters. The van der Waals surface area contributed by atoms with Gasteiger partial charge >= 0.3 is 0 Å². The van der Waals surface area contributed by atoms with Crippen molar-refractivity contribution in [3.8, 4) is 5.75 Å². The maximum atomic E-state index is 5.54. The van der Waals surface area contributed by atoms with Crippen LogP contribution in [0.5, 0.6) is 5.75 Å². The topological polar surface area (TPSA) is 9.23 Å². The van der Waals surface area contributed by atoms with Crippen LogP contribution in [0.1, 0.15) is 51.0 Å². The highest BCUT2D eigenvalue weighted by Gasteiger charge is 2.10. The van der Waals surface area contributed by atoms with Gasteiger partial charge in [-0.15, -0.1) is 23.5 Å². The first-order chi connectivity index (χ1) is 9.76. The Kier molecular flexibility index (Phi) is 9.28. The SMILES string of the molecule is CCCCCCCCc1cc(SC)c(OC)c(SC)c1. The van der Waals surface area contributed by atoms with Gasteiger partial charge in [-0.3, -0.25) is 0 Å². The molecule has 0 atom stereocenters. The summed E-state index contributed by atoms with van der Waals surface area (Å²) in [6.45, 7) is 2.27. The Morgan fingerprint density at radius 2 is 1.45 bits per heavy atom. The third kappa shape index (κ3) is 5.61. The van der Waals surface area contributed by atoms with Gasteiger partial charge in [0.15, 0.2) is 0 Å². The lowest BCUT2D eigenvalue weighted by Gasteiger charge is -2.13. The molecule has 0 N–H and O–H groups in total. The van der Waals surface area contributed by atoms with Gasteiger partial charge < -0.3 is 4.74 Å². The average Bonchev–Trinajstić information content (AvgIpc) is 2.49. The first kappa shape index (κ1) is 17.8. The zero-order valence-electron chi connectivity index (χ0n) is 13.3. The summed E-state index contributed by atoms with van der Waals surface area (Å²) in [5.74, 6) is 1.04. The predicted octanol–water partition coefficient (Wildman–Crippen LogP) is 6.04. The third-order valence-corrected chi connectivity index (χ3v) is 5.03. The van der Waals surface area contributed by atoms with Crippen molar-refractivity contribution < 1.29 is 4.74 Å². The standard InChI is InChI=1S/C17H28OS2/c1-5-6-7-8-9-10-11-14-12-15(19-3)17(18-2)16(13-14)20-4/h12-13H,5-11H2,1-4H3. The molecular weight excluding hydrogens is 284 g/mol. The van der Waals surface area contributed by atoms with Crippen LogP contribution in [0.25, 0.3) is 0 Å². The summed E-state index contributed by atoms with van der Waals surface area (Å²) < 4.78 is 5.54. The van der Waals surface area contributed by atoms with E-state index in [4.69, 9.17) is 4.74 Å². The smallest absolute Gasteiger partial charge is 0.145 e. The van der Waals surface area contributed by atoms with Gasteiger partial charge in [-0.2, -0.15) is 0 Å². The normalized spacial score (nSPS) is 10.8. The number of unbranched alkanes of at least 4 members (excludes halogenated alkanes) is 5. The Balaban J connectivity index is 2.57. The summed E-state index contributed by atoms with van der Waals surface area (Å²) in [6.07, 6.45) is 13.6. The third-order valence-electron chi connectivity index (χ3n) is 3.54. The van der Waals surface area contributed by atoms with Crippen molar-refractivity contribution >= 4 is 23.5 Å². The van der Waals surface area contributed by atoms with E-state index in [0.29, 0.717) is 0 Å². The largest absolute Gasteiger partial charge is 0.494 e. The second-order valence-electron chi connectivity index (χ2n) is 5.05. The highest BCUT2D eigenvalue weighted by molar-refractivity contribution is 7.99. The molecule has 0 aliphatic rings. The first-order valence-corrected chi connectivity index (χ1v) is 10.0. The van der Waals surface area contributed by atoms with Crippen LogP contribution < -0.4 is 4.74 Å². The molecular formula is C17H28OS2. The number of aryl methyl sites for hydroxylation is 1. The molecule has 0 radical (unpaired) electrons. The number of hydrogen-bond donors (Lipinski definition) is 0. The molecule has 0 fully saturated rings. The van der Waals surface area contributed by atoms with Crippen LogP contribution in [0, 0.1) is 0 Å². The summed E-state index contributed by atoms with van der Waals surface area (Å²) in [5.41, 5.74) is 1.45. The van der Waals surface area contributed by atoms with Crippen LogP contribution in [0.3, 0.4) is 0 Å². The molecule has 1 rings (SSSR count). The minimum atomic E-state index is 1.04. The van der Waals surface area contributed by atoms with Crippen molar-refractivity contribution in [1.82, 2.24) is 0 Å². The molecule has 114 valence electrons. The van der Waals surface area contributed by atoms with Gasteiger partial charge in [-0.1, -0.05) is 39.0 Å². The molecule has 0 aromatic heterocycles. The molecule has 0 saturated carbocycles. The number of hydrogen-bond acceptors (Lipinski definition) is 3. The maximum Gasteiger partial charge on any atom is 0.145 e. The minimum absolute atomic E-state index is 1.04. The van der Waals surface area contributed by atoms with Crippen molar-refractivity contribution in [3.63, 3.8) is 0 Å². The molecule has 0 spiro atoms. The maximum absolute atomic E-state index is 5.54. The van der Waals surface area contributed by atoms with E-state index in [-0.39, 0.29) is 0 Å². The lowest BCUT2D eigenvalue weighted by molar-refractivity contribution is 0.394. The van der Waals surface area contributed by atoms with Crippen molar-refractivity contribution in [2.75, 3.05) is 19.6 Å². The molecule has 3 heteroatoms. The zero-order chi connectivity index (χ0) is 14.8. The molecule has 0 aliphatic heterocycles. The van der Waals surface area contributed by atoms with Crippen LogP contribution in [0.15, 0.2) is 21.9 Å². The predicted molar refractivity (Wildman–Crippen MR) is 93.6 cm³/mol. The summed E-state index contributed by atoms with van der Waals surface area (Å²) in [7, 11) is 1.77. The Bertz CT molecular complexity index is 366.